The smallest absolute Gasteiger partial charge is 0.232 e. The Morgan fingerprint density at radius 2 is 1.76 bits per heavy atom. The van der Waals surface area contributed by atoms with E-state index >= 15 is 0 Å². The van der Waals surface area contributed by atoms with Gasteiger partial charge in [0.1, 0.15) is 5.75 Å². The fraction of sp³-hybridized carbons (Fsp3) is 0.350. The average Bonchev–Trinajstić information content (AvgIpc) is 2.66. The highest BCUT2D eigenvalue weighted by molar-refractivity contribution is 7.92. The molecule has 0 aliphatic rings. The first-order valence-corrected chi connectivity index (χ1v) is 11.5. The first kappa shape index (κ1) is 23.3. The molecule has 0 aliphatic carbocycles. The molecule has 0 bridgehead atoms. The molecule has 0 N–H and O–H groups in total. The molecule has 2 aromatic rings. The number of rotatable bonds is 9. The number of hydrogen-bond donors (Lipinski definition) is 0. The van der Waals surface area contributed by atoms with Crippen molar-refractivity contribution in [3.8, 4) is 5.75 Å². The topological polar surface area (TPSA) is 66.9 Å². The van der Waals surface area contributed by atoms with E-state index in [1.54, 1.807) is 31.2 Å². The molecule has 0 aromatic heterocycles. The van der Waals surface area contributed by atoms with Gasteiger partial charge >= 0.3 is 0 Å². The highest BCUT2D eigenvalue weighted by atomic mass is 35.5. The number of halogens is 2. The third-order valence-electron chi connectivity index (χ3n) is 4.33. The first-order valence-electron chi connectivity index (χ1n) is 8.91. The molecular weight excluding hydrogens is 435 g/mol. The van der Waals surface area contributed by atoms with Gasteiger partial charge in [-0.1, -0.05) is 35.3 Å². The van der Waals surface area contributed by atoms with Crippen molar-refractivity contribution in [2.45, 2.75) is 19.4 Å². The van der Waals surface area contributed by atoms with Crippen molar-refractivity contribution in [2.24, 2.45) is 0 Å². The van der Waals surface area contributed by atoms with Crippen molar-refractivity contribution in [2.75, 3.05) is 31.3 Å². The van der Waals surface area contributed by atoms with Crippen LogP contribution < -0.4 is 9.04 Å². The number of ether oxygens (including phenoxy) is 1. The molecule has 158 valence electrons. The minimum Gasteiger partial charge on any atom is -0.497 e. The van der Waals surface area contributed by atoms with Crippen LogP contribution in [0.2, 0.25) is 10.0 Å². The zero-order valence-corrected chi connectivity index (χ0v) is 18.9. The molecule has 0 saturated heterocycles. The van der Waals surface area contributed by atoms with Crippen LogP contribution in [0, 0.1) is 0 Å². The van der Waals surface area contributed by atoms with E-state index in [1.807, 2.05) is 24.3 Å². The predicted molar refractivity (Wildman–Crippen MR) is 117 cm³/mol. The van der Waals surface area contributed by atoms with Gasteiger partial charge in [0, 0.05) is 31.6 Å². The van der Waals surface area contributed by atoms with Crippen molar-refractivity contribution in [1.29, 1.82) is 0 Å². The van der Waals surface area contributed by atoms with Crippen molar-refractivity contribution < 1.29 is 17.9 Å². The quantitative estimate of drug-likeness (QED) is 0.564. The van der Waals surface area contributed by atoms with E-state index < -0.39 is 10.0 Å². The number of hydrogen-bond acceptors (Lipinski definition) is 4. The molecule has 0 saturated carbocycles. The van der Waals surface area contributed by atoms with Crippen molar-refractivity contribution in [1.82, 2.24) is 4.90 Å². The lowest BCUT2D eigenvalue weighted by Crippen LogP contribution is -2.32. The van der Waals surface area contributed by atoms with Gasteiger partial charge in [-0.25, -0.2) is 8.42 Å². The molecule has 0 atom stereocenters. The largest absolute Gasteiger partial charge is 0.497 e. The molecule has 0 fully saturated rings. The van der Waals surface area contributed by atoms with Crippen LogP contribution in [-0.2, 0) is 21.4 Å². The highest BCUT2D eigenvalue weighted by Crippen LogP contribution is 2.31. The molecule has 29 heavy (non-hydrogen) atoms. The van der Waals surface area contributed by atoms with Crippen LogP contribution in [0.1, 0.15) is 18.4 Å². The average molecular weight is 459 g/mol. The van der Waals surface area contributed by atoms with Crippen molar-refractivity contribution >= 4 is 44.8 Å². The van der Waals surface area contributed by atoms with E-state index in [1.165, 1.54) is 10.4 Å². The summed E-state index contributed by atoms with van der Waals surface area (Å²) in [5, 5.41) is 0.663. The third kappa shape index (κ3) is 6.80. The van der Waals surface area contributed by atoms with Gasteiger partial charge in [0.25, 0.3) is 0 Å². The van der Waals surface area contributed by atoms with Crippen LogP contribution in [-0.4, -0.2) is 46.2 Å². The fourth-order valence-corrected chi connectivity index (χ4v) is 4.20. The van der Waals surface area contributed by atoms with Crippen LogP contribution >= 0.6 is 23.2 Å². The van der Waals surface area contributed by atoms with Gasteiger partial charge in [-0.15, -0.1) is 0 Å². The van der Waals surface area contributed by atoms with Gasteiger partial charge in [-0.3, -0.25) is 9.10 Å². The van der Waals surface area contributed by atoms with Crippen LogP contribution in [0.3, 0.4) is 0 Å². The first-order chi connectivity index (χ1) is 13.6. The minimum absolute atomic E-state index is 0.0774. The fourth-order valence-electron chi connectivity index (χ4n) is 2.80. The number of sulfonamides is 1. The Morgan fingerprint density at radius 3 is 2.34 bits per heavy atom. The maximum atomic E-state index is 12.4. The number of anilines is 1. The molecular formula is C20H24Cl2N2O4S. The van der Waals surface area contributed by atoms with Crippen LogP contribution in [0.5, 0.6) is 5.75 Å². The van der Waals surface area contributed by atoms with E-state index in [0.717, 1.165) is 17.6 Å². The molecule has 0 unspecified atom stereocenters. The standard InChI is InChI=1S/C20H24Cl2N2O4S/c1-23(14-15-6-9-17(28-2)10-7-15)20(25)5-4-12-24(29(3,26)27)19-13-16(21)8-11-18(19)22/h6-11,13H,4-5,12,14H2,1-3H3. The Bertz CT molecular complexity index is 949. The third-order valence-corrected chi connectivity index (χ3v) is 6.07. The lowest BCUT2D eigenvalue weighted by atomic mass is 10.2. The minimum atomic E-state index is -3.58. The lowest BCUT2D eigenvalue weighted by Gasteiger charge is -2.24. The summed E-state index contributed by atoms with van der Waals surface area (Å²) in [5.74, 6) is 0.676. The van der Waals surface area contributed by atoms with Crippen molar-refractivity contribution in [3.63, 3.8) is 0 Å². The Labute approximate surface area is 182 Å². The maximum Gasteiger partial charge on any atom is 0.232 e. The summed E-state index contributed by atoms with van der Waals surface area (Å²) in [7, 11) is -0.262. The summed E-state index contributed by atoms with van der Waals surface area (Å²) in [6.07, 6.45) is 1.65. The van der Waals surface area contributed by atoms with E-state index in [0.29, 0.717) is 23.7 Å². The normalized spacial score (nSPS) is 11.2. The number of methoxy groups -OCH3 is 1. The van der Waals surface area contributed by atoms with Gasteiger partial charge in [-0.05, 0) is 42.3 Å². The maximum absolute atomic E-state index is 12.4. The number of amides is 1. The van der Waals surface area contributed by atoms with Crippen LogP contribution in [0.4, 0.5) is 5.69 Å². The molecule has 0 aliphatic heterocycles. The molecule has 9 heteroatoms. The van der Waals surface area contributed by atoms with Gasteiger partial charge < -0.3 is 9.64 Å². The molecule has 6 nitrogen and oxygen atoms in total. The zero-order valence-electron chi connectivity index (χ0n) is 16.6. The Hall–Kier alpha value is -1.96. The lowest BCUT2D eigenvalue weighted by molar-refractivity contribution is -0.130. The molecule has 0 heterocycles. The summed E-state index contributed by atoms with van der Waals surface area (Å²) in [6.45, 7) is 0.583. The van der Waals surface area contributed by atoms with E-state index in [-0.39, 0.29) is 23.9 Å². The summed E-state index contributed by atoms with van der Waals surface area (Å²) in [6, 6.07) is 12.1. The SMILES string of the molecule is COc1ccc(CN(C)C(=O)CCCN(c2cc(Cl)ccc2Cl)S(C)(=O)=O)cc1. The number of carbonyl (C=O) groups excluding carboxylic acids is 1. The summed E-state index contributed by atoms with van der Waals surface area (Å²) >= 11 is 12.1. The van der Waals surface area contributed by atoms with Crippen LogP contribution in [0.15, 0.2) is 42.5 Å². The monoisotopic (exact) mass is 458 g/mol. The number of carbonyl (C=O) groups is 1. The Kier molecular flexibility index (Phi) is 8.19. The molecule has 2 aromatic carbocycles. The van der Waals surface area contributed by atoms with Gasteiger partial charge in [0.15, 0.2) is 0 Å². The van der Waals surface area contributed by atoms with E-state index in [2.05, 4.69) is 0 Å². The highest BCUT2D eigenvalue weighted by Gasteiger charge is 2.21. The zero-order chi connectivity index (χ0) is 21.6. The summed E-state index contributed by atoms with van der Waals surface area (Å²) in [5.41, 5.74) is 1.28. The molecule has 2 rings (SSSR count). The number of nitrogens with zero attached hydrogens (tertiary/aromatic N) is 2. The molecule has 0 radical (unpaired) electrons. The molecule has 0 spiro atoms. The molecule has 1 amide bonds. The Balaban J connectivity index is 1.97. The van der Waals surface area contributed by atoms with Gasteiger partial charge in [0.05, 0.1) is 24.1 Å². The van der Waals surface area contributed by atoms with Gasteiger partial charge in [0.2, 0.25) is 15.9 Å². The van der Waals surface area contributed by atoms with Crippen molar-refractivity contribution in [3.05, 3.63) is 58.1 Å². The second-order valence-corrected chi connectivity index (χ2v) is 9.38. The van der Waals surface area contributed by atoms with E-state index in [4.69, 9.17) is 27.9 Å². The van der Waals surface area contributed by atoms with Gasteiger partial charge in [-0.2, -0.15) is 0 Å². The summed E-state index contributed by atoms with van der Waals surface area (Å²) < 4.78 is 30.7. The Morgan fingerprint density at radius 1 is 1.10 bits per heavy atom. The van der Waals surface area contributed by atoms with E-state index in [9.17, 15) is 13.2 Å². The number of benzene rings is 2. The summed E-state index contributed by atoms with van der Waals surface area (Å²) in [4.78, 5) is 14.1. The van der Waals surface area contributed by atoms with Crippen LogP contribution in [0.25, 0.3) is 0 Å². The predicted octanol–water partition coefficient (Wildman–Crippen LogP) is 4.21. The second-order valence-electron chi connectivity index (χ2n) is 6.63. The second kappa shape index (κ2) is 10.2.